The standard InChI is InChI=1S/C16H20BrClN2S/c1-3-8-19-10-12-9-13(17)4-6-15(12)20(2)11-14-5-7-16(18)21-14/h4-7,9,19H,3,8,10-11H2,1-2H3. The van der Waals surface area contributed by atoms with Crippen LogP contribution in [0.15, 0.2) is 34.8 Å². The Kier molecular flexibility index (Phi) is 6.55. The molecule has 0 atom stereocenters. The van der Waals surface area contributed by atoms with Gasteiger partial charge in [0.15, 0.2) is 0 Å². The Hall–Kier alpha value is -0.550. The third-order valence-electron chi connectivity index (χ3n) is 3.22. The first-order valence-corrected chi connectivity index (χ1v) is 9.03. The van der Waals surface area contributed by atoms with Crippen molar-refractivity contribution in [1.29, 1.82) is 0 Å². The van der Waals surface area contributed by atoms with E-state index in [0.717, 1.165) is 34.9 Å². The molecule has 1 N–H and O–H groups in total. The summed E-state index contributed by atoms with van der Waals surface area (Å²) in [4.78, 5) is 3.55. The first-order valence-electron chi connectivity index (χ1n) is 7.04. The van der Waals surface area contributed by atoms with Crippen LogP contribution >= 0.6 is 38.9 Å². The molecule has 0 saturated heterocycles. The van der Waals surface area contributed by atoms with Gasteiger partial charge in [-0.05, 0) is 48.9 Å². The van der Waals surface area contributed by atoms with Gasteiger partial charge >= 0.3 is 0 Å². The van der Waals surface area contributed by atoms with Gasteiger partial charge in [-0.2, -0.15) is 0 Å². The Morgan fingerprint density at radius 1 is 1.29 bits per heavy atom. The number of benzene rings is 1. The van der Waals surface area contributed by atoms with E-state index in [1.807, 2.05) is 6.07 Å². The number of nitrogens with one attached hydrogen (secondary N) is 1. The van der Waals surface area contributed by atoms with E-state index in [0.29, 0.717) is 0 Å². The molecule has 0 fully saturated rings. The quantitative estimate of drug-likeness (QED) is 0.648. The summed E-state index contributed by atoms with van der Waals surface area (Å²) in [6.07, 6.45) is 1.15. The molecule has 1 aromatic carbocycles. The van der Waals surface area contributed by atoms with E-state index in [1.165, 1.54) is 16.1 Å². The van der Waals surface area contributed by atoms with Crippen LogP contribution in [0.2, 0.25) is 4.34 Å². The van der Waals surface area contributed by atoms with Crippen LogP contribution in [-0.2, 0) is 13.1 Å². The van der Waals surface area contributed by atoms with Gasteiger partial charge < -0.3 is 10.2 Å². The van der Waals surface area contributed by atoms with Crippen LogP contribution in [0, 0.1) is 0 Å². The van der Waals surface area contributed by atoms with Gasteiger partial charge in [0.1, 0.15) is 0 Å². The monoisotopic (exact) mass is 386 g/mol. The van der Waals surface area contributed by atoms with Gasteiger partial charge in [0.2, 0.25) is 0 Å². The molecule has 2 nitrogen and oxygen atoms in total. The molecule has 1 heterocycles. The largest absolute Gasteiger partial charge is 0.369 e. The smallest absolute Gasteiger partial charge is 0.0931 e. The molecule has 0 bridgehead atoms. The minimum absolute atomic E-state index is 0.846. The van der Waals surface area contributed by atoms with Gasteiger partial charge in [-0.25, -0.2) is 0 Å². The van der Waals surface area contributed by atoms with Crippen molar-refractivity contribution in [2.75, 3.05) is 18.5 Å². The van der Waals surface area contributed by atoms with Gasteiger partial charge in [-0.3, -0.25) is 0 Å². The Morgan fingerprint density at radius 3 is 2.76 bits per heavy atom. The first kappa shape index (κ1) is 16.8. The van der Waals surface area contributed by atoms with E-state index in [9.17, 15) is 0 Å². The molecule has 0 spiro atoms. The minimum Gasteiger partial charge on any atom is -0.369 e. The van der Waals surface area contributed by atoms with Gasteiger partial charge in [0, 0.05) is 28.6 Å². The van der Waals surface area contributed by atoms with Crippen LogP contribution in [-0.4, -0.2) is 13.6 Å². The Labute approximate surface area is 144 Å². The molecule has 0 saturated carbocycles. The Balaban J connectivity index is 2.12. The van der Waals surface area contributed by atoms with Crippen molar-refractivity contribution in [3.63, 3.8) is 0 Å². The van der Waals surface area contributed by atoms with Crippen molar-refractivity contribution in [3.8, 4) is 0 Å². The van der Waals surface area contributed by atoms with E-state index in [-0.39, 0.29) is 0 Å². The SMILES string of the molecule is CCCNCc1cc(Br)ccc1N(C)Cc1ccc(Cl)s1. The fourth-order valence-corrected chi connectivity index (χ4v) is 3.77. The average Bonchev–Trinajstić information content (AvgIpc) is 2.84. The maximum absolute atomic E-state index is 6.01. The number of rotatable bonds is 7. The van der Waals surface area contributed by atoms with Crippen LogP contribution in [0.1, 0.15) is 23.8 Å². The second-order valence-corrected chi connectivity index (χ2v) is 7.73. The number of hydrogen-bond acceptors (Lipinski definition) is 3. The van der Waals surface area contributed by atoms with Crippen molar-refractivity contribution in [3.05, 3.63) is 49.6 Å². The molecule has 5 heteroatoms. The molecule has 21 heavy (non-hydrogen) atoms. The van der Waals surface area contributed by atoms with Gasteiger partial charge in [0.05, 0.1) is 10.9 Å². The summed E-state index contributed by atoms with van der Waals surface area (Å²) in [6.45, 7) is 4.98. The first-order chi connectivity index (χ1) is 10.1. The maximum Gasteiger partial charge on any atom is 0.0931 e. The lowest BCUT2D eigenvalue weighted by atomic mass is 10.1. The zero-order chi connectivity index (χ0) is 15.2. The predicted octanol–water partition coefficient (Wildman–Crippen LogP) is 5.30. The summed E-state index contributed by atoms with van der Waals surface area (Å²) in [5.41, 5.74) is 2.56. The predicted molar refractivity (Wildman–Crippen MR) is 97.6 cm³/mol. The number of anilines is 1. The third kappa shape index (κ3) is 4.99. The molecule has 0 aliphatic heterocycles. The van der Waals surface area contributed by atoms with Crippen LogP contribution in [0.5, 0.6) is 0 Å². The van der Waals surface area contributed by atoms with E-state index < -0.39 is 0 Å². The highest BCUT2D eigenvalue weighted by Gasteiger charge is 2.10. The highest BCUT2D eigenvalue weighted by Crippen LogP contribution is 2.28. The van der Waals surface area contributed by atoms with Crippen molar-refractivity contribution in [2.24, 2.45) is 0 Å². The second kappa shape index (κ2) is 8.18. The molecular formula is C16H20BrClN2S. The van der Waals surface area contributed by atoms with Gasteiger partial charge in [-0.1, -0.05) is 34.5 Å². The molecule has 0 aliphatic rings. The van der Waals surface area contributed by atoms with Crippen molar-refractivity contribution in [1.82, 2.24) is 5.32 Å². The van der Waals surface area contributed by atoms with Crippen LogP contribution < -0.4 is 10.2 Å². The molecule has 0 unspecified atom stereocenters. The highest BCUT2D eigenvalue weighted by molar-refractivity contribution is 9.10. The summed E-state index contributed by atoms with van der Waals surface area (Å²) in [6, 6.07) is 10.5. The number of hydrogen-bond donors (Lipinski definition) is 1. The van der Waals surface area contributed by atoms with E-state index >= 15 is 0 Å². The number of halogens is 2. The summed E-state index contributed by atoms with van der Waals surface area (Å²) in [7, 11) is 2.13. The summed E-state index contributed by atoms with van der Waals surface area (Å²) in [5.74, 6) is 0. The maximum atomic E-state index is 6.01. The molecule has 0 radical (unpaired) electrons. The van der Waals surface area contributed by atoms with Crippen LogP contribution in [0.4, 0.5) is 5.69 Å². The molecule has 0 aliphatic carbocycles. The van der Waals surface area contributed by atoms with Crippen LogP contribution in [0.3, 0.4) is 0 Å². The fraction of sp³-hybridized carbons (Fsp3) is 0.375. The lowest BCUT2D eigenvalue weighted by molar-refractivity contribution is 0.673. The molecule has 2 aromatic rings. The summed E-state index contributed by atoms with van der Waals surface area (Å²) >= 11 is 11.2. The molecule has 114 valence electrons. The van der Waals surface area contributed by atoms with Crippen molar-refractivity contribution >= 4 is 44.6 Å². The number of thiophene rings is 1. The zero-order valence-electron chi connectivity index (χ0n) is 12.3. The average molecular weight is 388 g/mol. The summed E-state index contributed by atoms with van der Waals surface area (Å²) < 4.78 is 1.96. The normalized spacial score (nSPS) is 10.9. The zero-order valence-corrected chi connectivity index (χ0v) is 15.5. The molecular weight excluding hydrogens is 368 g/mol. The van der Waals surface area contributed by atoms with E-state index in [4.69, 9.17) is 11.6 Å². The third-order valence-corrected chi connectivity index (χ3v) is 4.93. The topological polar surface area (TPSA) is 15.3 Å². The van der Waals surface area contributed by atoms with Crippen LogP contribution in [0.25, 0.3) is 0 Å². The summed E-state index contributed by atoms with van der Waals surface area (Å²) in [5, 5.41) is 3.48. The lowest BCUT2D eigenvalue weighted by Crippen LogP contribution is -2.20. The van der Waals surface area contributed by atoms with Crippen molar-refractivity contribution in [2.45, 2.75) is 26.4 Å². The molecule has 2 rings (SSSR count). The van der Waals surface area contributed by atoms with E-state index in [2.05, 4.69) is 64.4 Å². The minimum atomic E-state index is 0.846. The number of nitrogens with zero attached hydrogens (tertiary/aromatic N) is 1. The van der Waals surface area contributed by atoms with Gasteiger partial charge in [0.25, 0.3) is 0 Å². The van der Waals surface area contributed by atoms with Crippen molar-refractivity contribution < 1.29 is 0 Å². The Morgan fingerprint density at radius 2 is 2.10 bits per heavy atom. The Bertz CT molecular complexity index is 585. The molecule has 0 amide bonds. The van der Waals surface area contributed by atoms with E-state index in [1.54, 1.807) is 11.3 Å². The second-order valence-electron chi connectivity index (χ2n) is 5.01. The highest BCUT2D eigenvalue weighted by atomic mass is 79.9. The molecule has 1 aromatic heterocycles. The van der Waals surface area contributed by atoms with Gasteiger partial charge in [-0.15, -0.1) is 11.3 Å². The lowest BCUT2D eigenvalue weighted by Gasteiger charge is -2.22. The fourth-order valence-electron chi connectivity index (χ4n) is 2.22.